The fourth-order valence-corrected chi connectivity index (χ4v) is 2.84. The van der Waals surface area contributed by atoms with Crippen molar-refractivity contribution in [3.05, 3.63) is 35.4 Å². The molecule has 1 fully saturated rings. The quantitative estimate of drug-likeness (QED) is 0.643. The summed E-state index contributed by atoms with van der Waals surface area (Å²) in [6.07, 6.45) is 0.481. The molecule has 1 atom stereocenters. The van der Waals surface area contributed by atoms with Crippen LogP contribution in [0.5, 0.6) is 0 Å². The second-order valence-electron chi connectivity index (χ2n) is 4.87. The van der Waals surface area contributed by atoms with E-state index in [-0.39, 0.29) is 12.3 Å². The van der Waals surface area contributed by atoms with Crippen molar-refractivity contribution in [2.45, 2.75) is 31.9 Å². The fourth-order valence-electron chi connectivity index (χ4n) is 1.93. The highest BCUT2D eigenvalue weighted by Crippen LogP contribution is 2.22. The van der Waals surface area contributed by atoms with Crippen LogP contribution in [0.3, 0.4) is 0 Å². The molecule has 1 amide bonds. The molecule has 0 bridgehead atoms. The molecule has 1 aromatic rings. The number of nitrogens with one attached hydrogen (secondary N) is 1. The van der Waals surface area contributed by atoms with E-state index in [2.05, 4.69) is 15.5 Å². The van der Waals surface area contributed by atoms with Gasteiger partial charge in [0.25, 0.3) is 0 Å². The molecule has 1 heterocycles. The smallest absolute Gasteiger partial charge is 0.305 e. The number of benzene rings is 1. The molecule has 0 spiro atoms. The first-order chi connectivity index (χ1) is 10.5. The first kappa shape index (κ1) is 16.2. The average Bonchev–Trinajstić information content (AvgIpc) is 2.81. The van der Waals surface area contributed by atoms with E-state index in [4.69, 9.17) is 5.11 Å². The van der Waals surface area contributed by atoms with Crippen LogP contribution in [0.4, 0.5) is 0 Å². The number of nitrogens with zero attached hydrogens (tertiary/aromatic N) is 2. The largest absolute Gasteiger partial charge is 0.481 e. The van der Waals surface area contributed by atoms with Crippen molar-refractivity contribution in [3.8, 4) is 0 Å². The zero-order valence-corrected chi connectivity index (χ0v) is 13.2. The summed E-state index contributed by atoms with van der Waals surface area (Å²) >= 11 is 1.10. The number of carboxylic acids is 1. The molecule has 1 unspecified atom stereocenters. The molecule has 0 radical (unpaired) electrons. The highest BCUT2D eigenvalue weighted by Gasteiger charge is 2.32. The van der Waals surface area contributed by atoms with E-state index in [9.17, 15) is 9.59 Å². The number of hydrogen-bond acceptors (Lipinski definition) is 5. The van der Waals surface area contributed by atoms with E-state index in [1.807, 2.05) is 38.1 Å². The lowest BCUT2D eigenvalue weighted by atomic mass is 10.1. The van der Waals surface area contributed by atoms with E-state index in [0.717, 1.165) is 23.0 Å². The SMILES string of the molecule is CC/C(=N/N=C1NC(=O)C(CC(=O)O)S1)c1ccc(C)cc1. The minimum atomic E-state index is -1.01. The Kier molecular flexibility index (Phi) is 5.32. The number of carbonyl (C=O) groups is 2. The van der Waals surface area contributed by atoms with Crippen molar-refractivity contribution in [2.24, 2.45) is 10.2 Å². The van der Waals surface area contributed by atoms with Crippen LogP contribution in [-0.2, 0) is 9.59 Å². The Morgan fingerprint density at radius 1 is 1.36 bits per heavy atom. The average molecular weight is 319 g/mol. The molecule has 1 aliphatic heterocycles. The Morgan fingerprint density at radius 3 is 2.64 bits per heavy atom. The maximum atomic E-state index is 11.6. The molecule has 2 N–H and O–H groups in total. The number of amidine groups is 1. The highest BCUT2D eigenvalue weighted by atomic mass is 32.2. The Hall–Kier alpha value is -2.15. The third-order valence-electron chi connectivity index (χ3n) is 3.12. The van der Waals surface area contributed by atoms with Crippen molar-refractivity contribution < 1.29 is 14.7 Å². The molecular weight excluding hydrogens is 302 g/mol. The minimum absolute atomic E-state index is 0.224. The van der Waals surface area contributed by atoms with Crippen molar-refractivity contribution >= 4 is 34.5 Å². The topological polar surface area (TPSA) is 91.1 Å². The van der Waals surface area contributed by atoms with Crippen LogP contribution < -0.4 is 5.32 Å². The summed E-state index contributed by atoms with van der Waals surface area (Å²) in [7, 11) is 0. The number of thioether (sulfide) groups is 1. The number of carbonyl (C=O) groups excluding carboxylic acids is 1. The normalized spacial score (nSPS) is 20.3. The lowest BCUT2D eigenvalue weighted by molar-refractivity contribution is -0.138. The number of amides is 1. The van der Waals surface area contributed by atoms with E-state index >= 15 is 0 Å². The summed E-state index contributed by atoms with van der Waals surface area (Å²) in [5, 5.41) is 19.2. The molecule has 22 heavy (non-hydrogen) atoms. The molecule has 7 heteroatoms. The predicted octanol–water partition coefficient (Wildman–Crippen LogP) is 2.17. The number of aliphatic carboxylic acids is 1. The van der Waals surface area contributed by atoms with E-state index in [1.54, 1.807) is 0 Å². The first-order valence-electron chi connectivity index (χ1n) is 6.90. The molecule has 1 saturated heterocycles. The van der Waals surface area contributed by atoms with Crippen LogP contribution in [0.15, 0.2) is 34.5 Å². The summed E-state index contributed by atoms with van der Waals surface area (Å²) in [6.45, 7) is 3.99. The molecule has 6 nitrogen and oxygen atoms in total. The van der Waals surface area contributed by atoms with Crippen molar-refractivity contribution in [3.63, 3.8) is 0 Å². The van der Waals surface area contributed by atoms with Gasteiger partial charge in [0.1, 0.15) is 5.25 Å². The summed E-state index contributed by atoms with van der Waals surface area (Å²) in [4.78, 5) is 22.3. The molecule has 0 aliphatic carbocycles. The highest BCUT2D eigenvalue weighted by molar-refractivity contribution is 8.15. The summed E-state index contributed by atoms with van der Waals surface area (Å²) in [6, 6.07) is 7.96. The van der Waals surface area contributed by atoms with Gasteiger partial charge in [0, 0.05) is 0 Å². The zero-order chi connectivity index (χ0) is 16.1. The third kappa shape index (κ3) is 4.17. The van der Waals surface area contributed by atoms with Gasteiger partial charge in [0.2, 0.25) is 5.91 Å². The minimum Gasteiger partial charge on any atom is -0.481 e. The maximum Gasteiger partial charge on any atom is 0.305 e. The van der Waals surface area contributed by atoms with Gasteiger partial charge in [-0.2, -0.15) is 5.10 Å². The van der Waals surface area contributed by atoms with Crippen LogP contribution >= 0.6 is 11.8 Å². The molecule has 1 aromatic carbocycles. The molecule has 116 valence electrons. The van der Waals surface area contributed by atoms with Gasteiger partial charge in [-0.15, -0.1) is 5.10 Å². The number of carboxylic acid groups (broad SMARTS) is 1. The standard InChI is InChI=1S/C15H17N3O3S/c1-3-11(10-6-4-9(2)5-7-10)17-18-15-16-14(21)12(22-15)8-13(19)20/h4-7,12H,3,8H2,1-2H3,(H,19,20)(H,16,18,21)/b17-11-. The van der Waals surface area contributed by atoms with Crippen LogP contribution in [0, 0.1) is 6.92 Å². The summed E-state index contributed by atoms with van der Waals surface area (Å²) < 4.78 is 0. The lowest BCUT2D eigenvalue weighted by Crippen LogP contribution is -2.26. The second kappa shape index (κ2) is 7.22. The van der Waals surface area contributed by atoms with Crippen molar-refractivity contribution in [1.29, 1.82) is 0 Å². The molecule has 0 aromatic heterocycles. The molecule has 2 rings (SSSR count). The summed E-state index contributed by atoms with van der Waals surface area (Å²) in [5.74, 6) is -1.35. The van der Waals surface area contributed by atoms with Gasteiger partial charge in [-0.25, -0.2) is 0 Å². The Labute approximate surface area is 132 Å². The predicted molar refractivity (Wildman–Crippen MR) is 87.2 cm³/mol. The molecular formula is C15H17N3O3S. The van der Waals surface area contributed by atoms with Crippen LogP contribution in [0.1, 0.15) is 30.9 Å². The van der Waals surface area contributed by atoms with Crippen LogP contribution in [-0.4, -0.2) is 33.1 Å². The van der Waals surface area contributed by atoms with Crippen molar-refractivity contribution in [2.75, 3.05) is 0 Å². The van der Waals surface area contributed by atoms with E-state index in [0.29, 0.717) is 11.6 Å². The Balaban J connectivity index is 2.13. The molecule has 0 saturated carbocycles. The zero-order valence-electron chi connectivity index (χ0n) is 12.4. The fraction of sp³-hybridized carbons (Fsp3) is 0.333. The molecule has 1 aliphatic rings. The Morgan fingerprint density at radius 2 is 2.05 bits per heavy atom. The third-order valence-corrected chi connectivity index (χ3v) is 4.19. The first-order valence-corrected chi connectivity index (χ1v) is 7.78. The number of hydrogen-bond donors (Lipinski definition) is 2. The van der Waals surface area contributed by atoms with Crippen LogP contribution in [0.2, 0.25) is 0 Å². The van der Waals surface area contributed by atoms with Gasteiger partial charge in [0.15, 0.2) is 5.17 Å². The van der Waals surface area contributed by atoms with E-state index < -0.39 is 11.2 Å². The van der Waals surface area contributed by atoms with Crippen LogP contribution in [0.25, 0.3) is 0 Å². The lowest BCUT2D eigenvalue weighted by Gasteiger charge is -2.02. The monoisotopic (exact) mass is 319 g/mol. The van der Waals surface area contributed by atoms with Crippen molar-refractivity contribution in [1.82, 2.24) is 5.32 Å². The number of rotatable bonds is 5. The number of aryl methyl sites for hydroxylation is 1. The van der Waals surface area contributed by atoms with Gasteiger partial charge in [-0.1, -0.05) is 48.5 Å². The van der Waals surface area contributed by atoms with Gasteiger partial charge in [-0.3, -0.25) is 9.59 Å². The van der Waals surface area contributed by atoms with Gasteiger partial charge >= 0.3 is 5.97 Å². The van der Waals surface area contributed by atoms with Gasteiger partial charge < -0.3 is 10.4 Å². The maximum absolute atomic E-state index is 11.6. The van der Waals surface area contributed by atoms with E-state index in [1.165, 1.54) is 5.56 Å². The van der Waals surface area contributed by atoms with Gasteiger partial charge in [0.05, 0.1) is 12.1 Å². The second-order valence-corrected chi connectivity index (χ2v) is 6.06. The summed E-state index contributed by atoms with van der Waals surface area (Å²) in [5.41, 5.74) is 2.96. The van der Waals surface area contributed by atoms with Gasteiger partial charge in [-0.05, 0) is 18.9 Å². The Bertz CT molecular complexity index is 638.